The summed E-state index contributed by atoms with van der Waals surface area (Å²) in [5.74, 6) is -0.939. The maximum Gasteiger partial charge on any atom is 0.357 e. The van der Waals surface area contributed by atoms with Gasteiger partial charge in [-0.05, 0) is 24.5 Å². The van der Waals surface area contributed by atoms with Crippen molar-refractivity contribution in [3.63, 3.8) is 0 Å². The number of imidazole rings is 1. The quantitative estimate of drug-likeness (QED) is 0.440. The molecule has 1 amide bonds. The molecule has 3 rings (SSSR count). The van der Waals surface area contributed by atoms with Crippen LogP contribution in [0.5, 0.6) is 11.6 Å². The summed E-state index contributed by atoms with van der Waals surface area (Å²) in [6.07, 6.45) is 0.282. The summed E-state index contributed by atoms with van der Waals surface area (Å²) in [5.41, 5.74) is 0.146. The number of hydrogen-bond acceptors (Lipinski definition) is 8. The Hall–Kier alpha value is -3.60. The number of carbonyl (C=O) groups excluding carboxylic acids is 2. The number of ether oxygens (including phenoxy) is 2. The molecule has 11 heteroatoms. The van der Waals surface area contributed by atoms with E-state index in [1.54, 1.807) is 24.3 Å². The number of anilines is 1. The van der Waals surface area contributed by atoms with Crippen LogP contribution >= 0.6 is 11.3 Å². The lowest BCUT2D eigenvalue weighted by atomic mass is 10.0. The Kier molecular flexibility index (Phi) is 6.98. The molecule has 32 heavy (non-hydrogen) atoms. The van der Waals surface area contributed by atoms with Crippen LogP contribution in [-0.4, -0.2) is 45.7 Å². The Balaban J connectivity index is 1.96. The lowest BCUT2D eigenvalue weighted by Gasteiger charge is -2.19. The normalized spacial score (nSPS) is 11.9. The van der Waals surface area contributed by atoms with E-state index in [-0.39, 0.29) is 34.7 Å². The number of H-pyrrole nitrogens is 1. The highest BCUT2D eigenvalue weighted by atomic mass is 32.1. The molecule has 0 unspecified atom stereocenters. The van der Waals surface area contributed by atoms with Crippen molar-refractivity contribution in [2.75, 3.05) is 19.5 Å². The zero-order valence-electron chi connectivity index (χ0n) is 18.0. The molecule has 1 aromatic carbocycles. The number of thiazole rings is 1. The lowest BCUT2D eigenvalue weighted by molar-refractivity contribution is -0.119. The summed E-state index contributed by atoms with van der Waals surface area (Å²) >= 11 is 1.05. The van der Waals surface area contributed by atoms with Crippen LogP contribution in [0.1, 0.15) is 36.8 Å². The number of aromatic hydroxyl groups is 1. The Labute approximate surface area is 187 Å². The molecular formula is C21H24N4O6S. The second kappa shape index (κ2) is 9.69. The molecule has 0 aliphatic rings. The summed E-state index contributed by atoms with van der Waals surface area (Å²) in [6.45, 7) is 3.80. The molecule has 3 N–H and O–H groups in total. The molecule has 0 aliphatic carbocycles. The van der Waals surface area contributed by atoms with Crippen molar-refractivity contribution in [2.45, 2.75) is 26.3 Å². The number of esters is 1. The minimum atomic E-state index is -1.01. The van der Waals surface area contributed by atoms with Gasteiger partial charge in [-0.2, -0.15) is 0 Å². The van der Waals surface area contributed by atoms with Crippen molar-refractivity contribution in [2.24, 2.45) is 5.92 Å². The van der Waals surface area contributed by atoms with Gasteiger partial charge in [0.25, 0.3) is 0 Å². The summed E-state index contributed by atoms with van der Waals surface area (Å²) < 4.78 is 10.8. The molecule has 0 aliphatic heterocycles. The lowest BCUT2D eigenvalue weighted by Crippen LogP contribution is -2.33. The highest BCUT2D eigenvalue weighted by Gasteiger charge is 2.29. The third-order valence-corrected chi connectivity index (χ3v) is 5.46. The summed E-state index contributed by atoms with van der Waals surface area (Å²) in [6, 6.07) is 5.82. The molecule has 0 spiro atoms. The molecule has 2 aromatic heterocycles. The Morgan fingerprint density at radius 1 is 1.31 bits per heavy atom. The van der Waals surface area contributed by atoms with Crippen molar-refractivity contribution in [1.29, 1.82) is 0 Å². The van der Waals surface area contributed by atoms with Gasteiger partial charge < -0.3 is 24.9 Å². The molecule has 0 saturated heterocycles. The first-order valence-electron chi connectivity index (χ1n) is 9.77. The Morgan fingerprint density at radius 2 is 2.06 bits per heavy atom. The molecular weight excluding hydrogens is 436 g/mol. The average molecular weight is 461 g/mol. The molecule has 0 saturated carbocycles. The third-order valence-electron chi connectivity index (χ3n) is 4.70. The first-order chi connectivity index (χ1) is 15.2. The molecule has 3 aromatic rings. The monoisotopic (exact) mass is 460 g/mol. The van der Waals surface area contributed by atoms with E-state index in [2.05, 4.69) is 20.0 Å². The van der Waals surface area contributed by atoms with Crippen LogP contribution in [0.25, 0.3) is 11.3 Å². The van der Waals surface area contributed by atoms with E-state index in [1.807, 2.05) is 13.8 Å². The summed E-state index contributed by atoms with van der Waals surface area (Å²) in [4.78, 5) is 44.1. The smallest absolute Gasteiger partial charge is 0.357 e. The fraction of sp³-hybridized carbons (Fsp3) is 0.333. The standard InChI is InChI=1S/C21H24N4O6S/c1-11(2)8-15(17(26)24-20-22-14(10-32-20)19(28)31-4)25-18(27)16(23-21(25)29)12-6-5-7-13(9-12)30-3/h5-7,9-11,15,27H,8H2,1-4H3,(H,23,29)(H,22,24,26)/t15-/m0/s1. The van der Waals surface area contributed by atoms with Crippen molar-refractivity contribution >= 4 is 28.3 Å². The van der Waals surface area contributed by atoms with Crippen LogP contribution in [0.4, 0.5) is 5.13 Å². The van der Waals surface area contributed by atoms with E-state index in [1.165, 1.54) is 19.6 Å². The summed E-state index contributed by atoms with van der Waals surface area (Å²) in [5, 5.41) is 15.1. The topological polar surface area (TPSA) is 136 Å². The molecule has 0 bridgehead atoms. The van der Waals surface area contributed by atoms with Crippen LogP contribution in [0.15, 0.2) is 34.4 Å². The predicted octanol–water partition coefficient (Wildman–Crippen LogP) is 3.03. The number of benzene rings is 1. The number of aromatic amines is 1. The number of nitrogens with one attached hydrogen (secondary N) is 2. The molecule has 0 radical (unpaired) electrons. The van der Waals surface area contributed by atoms with Crippen LogP contribution < -0.4 is 15.7 Å². The minimum Gasteiger partial charge on any atom is -0.497 e. The average Bonchev–Trinajstić information content (AvgIpc) is 3.35. The van der Waals surface area contributed by atoms with E-state index < -0.39 is 23.6 Å². The second-order valence-corrected chi connectivity index (χ2v) is 8.25. The number of carbonyl (C=O) groups is 2. The van der Waals surface area contributed by atoms with E-state index in [0.717, 1.165) is 15.9 Å². The van der Waals surface area contributed by atoms with Crippen LogP contribution in [0.2, 0.25) is 0 Å². The number of hydrogen-bond donors (Lipinski definition) is 3. The minimum absolute atomic E-state index is 0.0362. The van der Waals surface area contributed by atoms with E-state index >= 15 is 0 Å². The zero-order valence-corrected chi connectivity index (χ0v) is 18.9. The van der Waals surface area contributed by atoms with Crippen LogP contribution in [0.3, 0.4) is 0 Å². The maximum atomic E-state index is 13.1. The number of amides is 1. The van der Waals surface area contributed by atoms with E-state index in [9.17, 15) is 19.5 Å². The number of nitrogens with zero attached hydrogens (tertiary/aromatic N) is 2. The zero-order chi connectivity index (χ0) is 23.4. The first kappa shape index (κ1) is 23.1. The summed E-state index contributed by atoms with van der Waals surface area (Å²) in [7, 11) is 2.75. The molecule has 170 valence electrons. The number of methoxy groups -OCH3 is 2. The van der Waals surface area contributed by atoms with Gasteiger partial charge in [0.05, 0.1) is 14.2 Å². The molecule has 2 heterocycles. The SMILES string of the molecule is COC(=O)c1csc(NC(=O)[C@H](CC(C)C)n2c(O)c(-c3cccc(OC)c3)[nH]c2=O)n1. The second-order valence-electron chi connectivity index (χ2n) is 7.39. The number of aromatic nitrogens is 3. The maximum absolute atomic E-state index is 13.1. The van der Waals surface area contributed by atoms with Gasteiger partial charge in [-0.25, -0.2) is 14.6 Å². The van der Waals surface area contributed by atoms with Gasteiger partial charge in [0.15, 0.2) is 10.8 Å². The highest BCUT2D eigenvalue weighted by molar-refractivity contribution is 7.14. The van der Waals surface area contributed by atoms with E-state index in [0.29, 0.717) is 11.3 Å². The van der Waals surface area contributed by atoms with Crippen molar-refractivity contribution in [3.05, 3.63) is 45.8 Å². The van der Waals surface area contributed by atoms with Crippen molar-refractivity contribution in [1.82, 2.24) is 14.5 Å². The first-order valence-corrected chi connectivity index (χ1v) is 10.7. The van der Waals surface area contributed by atoms with Gasteiger partial charge in [0.1, 0.15) is 17.5 Å². The van der Waals surface area contributed by atoms with E-state index in [4.69, 9.17) is 4.74 Å². The van der Waals surface area contributed by atoms with Crippen LogP contribution in [0, 0.1) is 5.92 Å². The molecule has 0 fully saturated rings. The van der Waals surface area contributed by atoms with Gasteiger partial charge >= 0.3 is 11.7 Å². The van der Waals surface area contributed by atoms with Gasteiger partial charge in [0, 0.05) is 10.9 Å². The molecule has 1 atom stereocenters. The van der Waals surface area contributed by atoms with Crippen molar-refractivity contribution in [3.8, 4) is 22.9 Å². The fourth-order valence-corrected chi connectivity index (χ4v) is 3.89. The van der Waals surface area contributed by atoms with Gasteiger partial charge in [0.2, 0.25) is 11.8 Å². The highest BCUT2D eigenvalue weighted by Crippen LogP contribution is 2.32. The molecule has 10 nitrogen and oxygen atoms in total. The predicted molar refractivity (Wildman–Crippen MR) is 119 cm³/mol. The third kappa shape index (κ3) is 4.83. The Bertz CT molecular complexity index is 1180. The largest absolute Gasteiger partial charge is 0.497 e. The van der Waals surface area contributed by atoms with Crippen molar-refractivity contribution < 1.29 is 24.2 Å². The van der Waals surface area contributed by atoms with Gasteiger partial charge in [-0.3, -0.25) is 9.36 Å². The Morgan fingerprint density at radius 3 is 2.72 bits per heavy atom. The number of rotatable bonds is 8. The van der Waals surface area contributed by atoms with Gasteiger partial charge in [-0.15, -0.1) is 11.3 Å². The van der Waals surface area contributed by atoms with Crippen LogP contribution in [-0.2, 0) is 9.53 Å². The fourth-order valence-electron chi connectivity index (χ4n) is 3.20. The van der Waals surface area contributed by atoms with Gasteiger partial charge in [-0.1, -0.05) is 26.0 Å².